The average Bonchev–Trinajstić information content (AvgIpc) is 3.75. The van der Waals surface area contributed by atoms with Crippen LogP contribution in [0.1, 0.15) is 79.0 Å². The zero-order valence-electron chi connectivity index (χ0n) is 36.9. The summed E-state index contributed by atoms with van der Waals surface area (Å²) in [5.41, 5.74) is 1.36. The van der Waals surface area contributed by atoms with E-state index in [4.69, 9.17) is 9.60 Å². The third kappa shape index (κ3) is 6.37. The summed E-state index contributed by atoms with van der Waals surface area (Å²) in [5, 5.41) is 1.42. The van der Waals surface area contributed by atoms with Gasteiger partial charge in [-0.25, -0.2) is 13.8 Å². The number of hydrogen-bond acceptors (Lipinski definition) is 2. The molecular formula is C45H39F2N5Pt+2. The Balaban J connectivity index is 0.00000544. The van der Waals surface area contributed by atoms with E-state index in [9.17, 15) is 0 Å². The van der Waals surface area contributed by atoms with Gasteiger partial charge in [-0.2, -0.15) is 18.2 Å². The van der Waals surface area contributed by atoms with Crippen molar-refractivity contribution in [3.63, 3.8) is 0 Å². The number of fused-ring (bicyclic) bond motifs is 4. The molecule has 1 aliphatic rings. The fourth-order valence-corrected chi connectivity index (χ4v) is 6.43. The fourth-order valence-electron chi connectivity index (χ4n) is 6.43. The Morgan fingerprint density at radius 1 is 0.774 bits per heavy atom. The molecule has 53 heavy (non-hydrogen) atoms. The van der Waals surface area contributed by atoms with Crippen molar-refractivity contribution in [2.24, 2.45) is 0 Å². The zero-order chi connectivity index (χ0) is 42.6. The van der Waals surface area contributed by atoms with Gasteiger partial charge in [-0.1, -0.05) is 105 Å². The normalized spacial score (nSPS) is 15.3. The number of rotatable bonds is 5. The minimum Gasteiger partial charge on any atom is -0.319 e. The second kappa shape index (κ2) is 13.1. The van der Waals surface area contributed by atoms with Gasteiger partial charge in [0.1, 0.15) is 11.5 Å². The molecule has 0 aliphatic carbocycles. The van der Waals surface area contributed by atoms with Crippen LogP contribution in [0.5, 0.6) is 0 Å². The molecule has 266 valence electrons. The first kappa shape index (κ1) is 28.4. The van der Waals surface area contributed by atoms with E-state index >= 15 is 8.78 Å². The quantitative estimate of drug-likeness (QED) is 0.128. The average molecular weight is 890 g/mol. The monoisotopic (exact) mass is 889 g/mol. The number of para-hydroxylation sites is 2. The maximum atomic E-state index is 17.4. The zero-order valence-corrected chi connectivity index (χ0v) is 32.2. The van der Waals surface area contributed by atoms with Gasteiger partial charge < -0.3 is 4.57 Å². The van der Waals surface area contributed by atoms with E-state index in [1.165, 1.54) is 45.5 Å². The molecule has 0 amide bonds. The molecule has 0 radical (unpaired) electrons. The first-order valence-corrected chi connectivity index (χ1v) is 16.9. The number of alkyl halides is 2. The molecule has 0 saturated heterocycles. The number of hydrogen-bond donors (Lipinski definition) is 0. The Kier molecular flexibility index (Phi) is 7.02. The molecule has 0 saturated carbocycles. The topological polar surface area (TPSA) is 36.7 Å². The van der Waals surface area contributed by atoms with Crippen molar-refractivity contribution in [1.82, 2.24) is 23.7 Å². The summed E-state index contributed by atoms with van der Waals surface area (Å²) in [7, 11) is 0. The summed E-state index contributed by atoms with van der Waals surface area (Å²) in [6.07, 6.45) is 5.05. The fraction of sp³-hybridized carbons (Fsp3) is 0.222. The molecular weight excluding hydrogens is 844 g/mol. The van der Waals surface area contributed by atoms with Crippen LogP contribution in [-0.4, -0.2) is 20.5 Å². The summed E-state index contributed by atoms with van der Waals surface area (Å²) >= 11 is 0. The van der Waals surface area contributed by atoms with E-state index in [1.807, 2.05) is 43.5 Å². The number of nitrogens with zero attached hydrogens (tertiary/aromatic N) is 5. The van der Waals surface area contributed by atoms with Gasteiger partial charge in [-0.15, -0.1) is 17.0 Å². The van der Waals surface area contributed by atoms with Crippen molar-refractivity contribution in [2.75, 3.05) is 0 Å². The maximum Gasteiger partial charge on any atom is 2.00 e. The summed E-state index contributed by atoms with van der Waals surface area (Å²) in [4.78, 5) is 8.98. The van der Waals surface area contributed by atoms with E-state index in [2.05, 4.69) is 48.9 Å². The van der Waals surface area contributed by atoms with Crippen LogP contribution >= 0.6 is 0 Å². The molecule has 0 bridgehead atoms. The first-order chi connectivity index (χ1) is 27.6. The van der Waals surface area contributed by atoms with Crippen LogP contribution in [-0.2, 0) is 37.8 Å². The van der Waals surface area contributed by atoms with Gasteiger partial charge in [0.25, 0.3) is 17.3 Å². The Labute approximate surface area is 333 Å². The van der Waals surface area contributed by atoms with Gasteiger partial charge in [-0.05, 0) is 51.4 Å². The number of aromatic nitrogens is 3. The van der Waals surface area contributed by atoms with Crippen LogP contribution in [0.25, 0.3) is 27.6 Å². The molecule has 5 nitrogen and oxygen atoms in total. The summed E-state index contributed by atoms with van der Waals surface area (Å²) in [6.45, 7) is 9.54. The van der Waals surface area contributed by atoms with Gasteiger partial charge in [0, 0.05) is 52.4 Å². The first-order valence-electron chi connectivity index (χ1n) is 20.4. The standard InChI is InChI=1S/C45H39F2N5.Pt/c1-29-12-15-34(16-13-29)50-28-51(40-11-9-8-10-39(40)50)35-23-32(44(5,6)7)22-33(24-35)45(46,47)31-14-17-36-37-27-48-20-19-38(37)52(41(36)25-31)42-26-30(18-21-49-42)43(2,3)4;/h8-23,26-27H,1-7H3;/q;+2/i1D3,8D,9D,10D,11D;. The molecule has 1 aliphatic heterocycles. The number of halogens is 2. The summed E-state index contributed by atoms with van der Waals surface area (Å²) < 4.78 is 97.5. The largest absolute Gasteiger partial charge is 2.00 e. The van der Waals surface area contributed by atoms with Crippen molar-refractivity contribution in [3.05, 3.63) is 149 Å². The molecule has 7 aromatic rings. The SMILES string of the molecule is [2H]c1c([2H])c([2H])c2c(c1[2H])[N+](c1[c-]c(C(F)(F)c3[c-]c4c(cc3)c3cnccc3n4-c3cc(C(C)(C)C)ccn3)cc(C(C)(C)C)c1)=C=[N+]2c1ccc(C([2H])([2H])[2H])cc1.[Pt+2]. The van der Waals surface area contributed by atoms with Crippen LogP contribution < -0.4 is 9.15 Å². The summed E-state index contributed by atoms with van der Waals surface area (Å²) in [6, 6.07) is 24.8. The molecule has 3 aromatic heterocycles. The third-order valence-corrected chi connectivity index (χ3v) is 9.38. The molecule has 8 rings (SSSR count). The molecule has 0 fully saturated rings. The molecule has 0 unspecified atom stereocenters. The smallest absolute Gasteiger partial charge is 0.319 e. The second-order valence-electron chi connectivity index (χ2n) is 15.0. The van der Waals surface area contributed by atoms with Gasteiger partial charge in [-0.3, -0.25) is 4.98 Å². The van der Waals surface area contributed by atoms with Crippen LogP contribution in [0.15, 0.2) is 109 Å². The molecule has 0 atom stereocenters. The minimum absolute atomic E-state index is 0. The van der Waals surface area contributed by atoms with E-state index in [1.54, 1.807) is 30.7 Å². The van der Waals surface area contributed by atoms with E-state index < -0.39 is 47.4 Å². The van der Waals surface area contributed by atoms with Crippen LogP contribution in [0.2, 0.25) is 0 Å². The predicted octanol–water partition coefficient (Wildman–Crippen LogP) is 11.1. The Morgan fingerprint density at radius 3 is 2.19 bits per heavy atom. The molecule has 0 N–H and O–H groups in total. The van der Waals surface area contributed by atoms with Crippen LogP contribution in [0.3, 0.4) is 0 Å². The summed E-state index contributed by atoms with van der Waals surface area (Å²) in [5.74, 6) is -3.13. The van der Waals surface area contributed by atoms with Crippen molar-refractivity contribution in [2.45, 2.75) is 65.1 Å². The van der Waals surface area contributed by atoms with Gasteiger partial charge >= 0.3 is 27.1 Å². The predicted molar refractivity (Wildman–Crippen MR) is 206 cm³/mol. The van der Waals surface area contributed by atoms with Gasteiger partial charge in [0.05, 0.1) is 5.48 Å². The third-order valence-electron chi connectivity index (χ3n) is 9.38. The van der Waals surface area contributed by atoms with E-state index in [0.717, 1.165) is 16.5 Å². The molecule has 0 spiro atoms. The second-order valence-corrected chi connectivity index (χ2v) is 15.0. The van der Waals surface area contributed by atoms with Crippen molar-refractivity contribution in [3.8, 4) is 5.82 Å². The van der Waals surface area contributed by atoms with Crippen LogP contribution in [0.4, 0.5) is 31.5 Å². The maximum absolute atomic E-state index is 17.4. The van der Waals surface area contributed by atoms with Crippen LogP contribution in [0, 0.1) is 19.0 Å². The van der Waals surface area contributed by atoms with Crippen molar-refractivity contribution < 1.29 is 39.4 Å². The van der Waals surface area contributed by atoms with E-state index in [0.29, 0.717) is 28.0 Å². The number of benzene rings is 4. The van der Waals surface area contributed by atoms with Gasteiger partial charge in [0.15, 0.2) is 0 Å². The Morgan fingerprint density at radius 2 is 1.49 bits per heavy atom. The Bertz CT molecular complexity index is 2960. The minimum atomic E-state index is -3.67. The molecule has 8 heteroatoms. The van der Waals surface area contributed by atoms with E-state index in [-0.39, 0.29) is 55.1 Å². The Hall–Kier alpha value is -5.09. The molecule has 4 aromatic carbocycles. The number of aryl methyl sites for hydroxylation is 1. The molecule has 4 heterocycles. The van der Waals surface area contributed by atoms with Gasteiger partial charge in [0.2, 0.25) is 5.69 Å². The van der Waals surface area contributed by atoms with Crippen molar-refractivity contribution >= 4 is 50.6 Å². The number of pyridine rings is 2. The van der Waals surface area contributed by atoms with Crippen molar-refractivity contribution in [1.29, 1.82) is 0 Å².